The lowest BCUT2D eigenvalue weighted by atomic mass is 9.88. The third-order valence-electron chi connectivity index (χ3n) is 5.59. The number of unbranched alkanes of at least 4 members (excludes halogenated alkanes) is 2. The third-order valence-corrected chi connectivity index (χ3v) is 5.59. The molecule has 4 nitrogen and oxygen atoms in total. The smallest absolute Gasteiger partial charge is 0.170 e. The molecule has 25 heavy (non-hydrogen) atoms. The Balaban J connectivity index is 1.83. The zero-order valence-electron chi connectivity index (χ0n) is 15.6. The fourth-order valence-corrected chi connectivity index (χ4v) is 4.17. The number of nitrogens with zero attached hydrogens (tertiary/aromatic N) is 1. The molecule has 0 amide bonds. The van der Waals surface area contributed by atoms with Crippen LogP contribution in [0.5, 0.6) is 11.5 Å². The Bertz CT molecular complexity index is 613. The maximum Gasteiger partial charge on any atom is 0.170 e. The number of carbonyl (C=O) groups is 1. The first-order chi connectivity index (χ1) is 12.1. The van der Waals surface area contributed by atoms with Crippen molar-refractivity contribution >= 4 is 11.5 Å². The number of piperidine rings is 1. The highest BCUT2D eigenvalue weighted by molar-refractivity contribution is 6.06. The number of phenols is 1. The molecule has 0 aliphatic carbocycles. The van der Waals surface area contributed by atoms with E-state index >= 15 is 0 Å². The minimum Gasteiger partial charge on any atom is -0.507 e. The van der Waals surface area contributed by atoms with Crippen molar-refractivity contribution in [3.63, 3.8) is 0 Å². The van der Waals surface area contributed by atoms with E-state index in [0.717, 1.165) is 37.9 Å². The summed E-state index contributed by atoms with van der Waals surface area (Å²) in [6.07, 6.45) is 9.65. The molecule has 0 spiro atoms. The molecule has 2 unspecified atom stereocenters. The minimum atomic E-state index is 0.0668. The van der Waals surface area contributed by atoms with E-state index in [-0.39, 0.29) is 23.7 Å². The lowest BCUT2D eigenvalue weighted by Gasteiger charge is -2.41. The van der Waals surface area contributed by atoms with Crippen LogP contribution in [0.25, 0.3) is 0 Å². The quantitative estimate of drug-likeness (QED) is 0.701. The molecule has 2 aliphatic rings. The van der Waals surface area contributed by atoms with E-state index in [1.165, 1.54) is 25.7 Å². The molecule has 1 saturated heterocycles. The van der Waals surface area contributed by atoms with Crippen LogP contribution in [-0.2, 0) is 0 Å². The van der Waals surface area contributed by atoms with Crippen molar-refractivity contribution in [2.75, 3.05) is 11.4 Å². The van der Waals surface area contributed by atoms with Crippen LogP contribution in [0, 0.1) is 0 Å². The van der Waals surface area contributed by atoms with Gasteiger partial charge in [0.25, 0.3) is 0 Å². The Kier molecular flexibility index (Phi) is 5.87. The summed E-state index contributed by atoms with van der Waals surface area (Å²) in [5.41, 5.74) is 1.36. The Morgan fingerprint density at radius 1 is 1.28 bits per heavy atom. The highest BCUT2D eigenvalue weighted by Gasteiger charge is 2.35. The van der Waals surface area contributed by atoms with Crippen molar-refractivity contribution in [2.45, 2.75) is 83.8 Å². The van der Waals surface area contributed by atoms with Gasteiger partial charge in [0.15, 0.2) is 5.78 Å². The molecular weight excluding hydrogens is 314 g/mol. The van der Waals surface area contributed by atoms with Crippen molar-refractivity contribution in [1.82, 2.24) is 0 Å². The van der Waals surface area contributed by atoms with Gasteiger partial charge in [-0.2, -0.15) is 0 Å². The Hall–Kier alpha value is -1.71. The zero-order valence-corrected chi connectivity index (χ0v) is 15.6. The van der Waals surface area contributed by atoms with Gasteiger partial charge in [-0.3, -0.25) is 4.79 Å². The van der Waals surface area contributed by atoms with Gasteiger partial charge in [-0.15, -0.1) is 0 Å². The van der Waals surface area contributed by atoms with Crippen LogP contribution in [0.15, 0.2) is 12.1 Å². The van der Waals surface area contributed by atoms with Gasteiger partial charge in [-0.25, -0.2) is 0 Å². The van der Waals surface area contributed by atoms with Gasteiger partial charge < -0.3 is 14.7 Å². The largest absolute Gasteiger partial charge is 0.507 e. The van der Waals surface area contributed by atoms with Crippen molar-refractivity contribution in [1.29, 1.82) is 0 Å². The number of phenolic OH excluding ortho intramolecular Hbond substituents is 1. The number of hydrogen-bond acceptors (Lipinski definition) is 4. The molecule has 1 aromatic carbocycles. The molecule has 1 aromatic rings. The normalized spacial score (nSPS) is 20.8. The summed E-state index contributed by atoms with van der Waals surface area (Å²) in [6.45, 7) is 5.30. The molecular formula is C21H31NO3. The molecule has 0 aromatic heterocycles. The highest BCUT2D eigenvalue weighted by Crippen LogP contribution is 2.42. The number of fused-ring (bicyclic) bond motifs is 3. The van der Waals surface area contributed by atoms with E-state index in [4.69, 9.17) is 4.74 Å². The van der Waals surface area contributed by atoms with Gasteiger partial charge in [-0.1, -0.05) is 26.7 Å². The molecule has 1 fully saturated rings. The number of ether oxygens (including phenoxy) is 1. The number of anilines is 1. The first kappa shape index (κ1) is 18.1. The average Bonchev–Trinajstić information content (AvgIpc) is 2.60. The number of Topliss-reactive ketones (excluding diaryl/α,β-unsaturated/α-hetero) is 1. The van der Waals surface area contributed by atoms with Crippen LogP contribution in [0.1, 0.15) is 82.0 Å². The molecule has 0 bridgehead atoms. The second-order valence-electron chi connectivity index (χ2n) is 7.45. The van der Waals surface area contributed by atoms with E-state index < -0.39 is 0 Å². The summed E-state index contributed by atoms with van der Waals surface area (Å²) >= 11 is 0. The van der Waals surface area contributed by atoms with Gasteiger partial charge >= 0.3 is 0 Å². The fraction of sp³-hybridized carbons (Fsp3) is 0.667. The van der Waals surface area contributed by atoms with E-state index in [1.807, 2.05) is 6.07 Å². The third kappa shape index (κ3) is 3.94. The van der Waals surface area contributed by atoms with Crippen LogP contribution in [0.2, 0.25) is 0 Å². The van der Waals surface area contributed by atoms with Crippen molar-refractivity contribution in [3.05, 3.63) is 17.7 Å². The second-order valence-corrected chi connectivity index (χ2v) is 7.45. The van der Waals surface area contributed by atoms with Gasteiger partial charge in [0.05, 0.1) is 17.4 Å². The zero-order chi connectivity index (χ0) is 17.8. The summed E-state index contributed by atoms with van der Waals surface area (Å²) in [4.78, 5) is 14.8. The van der Waals surface area contributed by atoms with Crippen molar-refractivity contribution in [3.8, 4) is 11.5 Å². The monoisotopic (exact) mass is 345 g/mol. The lowest BCUT2D eigenvalue weighted by molar-refractivity contribution is 0.0958. The summed E-state index contributed by atoms with van der Waals surface area (Å²) < 4.78 is 6.17. The SMILES string of the molecule is CCCCCC(CC)Oc1cc(O)c2c(c1)N1CCCCC1CC2=O. The van der Waals surface area contributed by atoms with Crippen LogP contribution >= 0.6 is 0 Å². The maximum atomic E-state index is 12.5. The molecule has 0 saturated carbocycles. The van der Waals surface area contributed by atoms with E-state index in [9.17, 15) is 9.90 Å². The molecule has 138 valence electrons. The predicted molar refractivity (Wildman–Crippen MR) is 101 cm³/mol. The topological polar surface area (TPSA) is 49.8 Å². The van der Waals surface area contributed by atoms with Gasteiger partial charge in [0, 0.05) is 31.1 Å². The summed E-state index contributed by atoms with van der Waals surface area (Å²) in [7, 11) is 0. The predicted octanol–water partition coefficient (Wildman–Crippen LogP) is 5.08. The van der Waals surface area contributed by atoms with Gasteiger partial charge in [-0.05, 0) is 38.5 Å². The van der Waals surface area contributed by atoms with Crippen LogP contribution < -0.4 is 9.64 Å². The van der Waals surface area contributed by atoms with Crippen molar-refractivity contribution < 1.29 is 14.6 Å². The maximum absolute atomic E-state index is 12.5. The van der Waals surface area contributed by atoms with Crippen molar-refractivity contribution in [2.24, 2.45) is 0 Å². The molecule has 1 N–H and O–H groups in total. The Morgan fingerprint density at radius 2 is 2.12 bits per heavy atom. The molecule has 3 rings (SSSR count). The minimum absolute atomic E-state index is 0.0668. The second kappa shape index (κ2) is 8.11. The fourth-order valence-electron chi connectivity index (χ4n) is 4.17. The first-order valence-electron chi connectivity index (χ1n) is 9.97. The van der Waals surface area contributed by atoms with Crippen LogP contribution in [-0.4, -0.2) is 29.6 Å². The summed E-state index contributed by atoms with van der Waals surface area (Å²) in [6, 6.07) is 3.89. The summed E-state index contributed by atoms with van der Waals surface area (Å²) in [5.74, 6) is 0.834. The number of benzene rings is 1. The van der Waals surface area contributed by atoms with E-state index in [1.54, 1.807) is 6.07 Å². The first-order valence-corrected chi connectivity index (χ1v) is 9.97. The summed E-state index contributed by atoms with van der Waals surface area (Å²) in [5, 5.41) is 10.5. The van der Waals surface area contributed by atoms with Gasteiger partial charge in [0.2, 0.25) is 0 Å². The standard InChI is InChI=1S/C21H31NO3/c1-3-5-6-10-16(4-2)25-17-13-18-21(20(24)14-17)19(23)12-15-9-7-8-11-22(15)18/h13-16,24H,3-12H2,1-2H3. The number of hydrogen-bond donors (Lipinski definition) is 1. The molecule has 2 heterocycles. The molecule has 0 radical (unpaired) electrons. The number of ketones is 1. The van der Waals surface area contributed by atoms with Crippen LogP contribution in [0.4, 0.5) is 5.69 Å². The molecule has 2 aliphatic heterocycles. The number of rotatable bonds is 7. The lowest BCUT2D eigenvalue weighted by Crippen LogP contribution is -2.44. The molecule has 2 atom stereocenters. The highest BCUT2D eigenvalue weighted by atomic mass is 16.5. The average molecular weight is 345 g/mol. The Morgan fingerprint density at radius 3 is 2.88 bits per heavy atom. The Labute approximate surface area is 151 Å². The number of carbonyl (C=O) groups excluding carboxylic acids is 1. The number of aromatic hydroxyl groups is 1. The molecule has 4 heteroatoms. The van der Waals surface area contributed by atoms with E-state index in [0.29, 0.717) is 17.7 Å². The van der Waals surface area contributed by atoms with Gasteiger partial charge in [0.1, 0.15) is 11.5 Å². The van der Waals surface area contributed by atoms with Crippen LogP contribution in [0.3, 0.4) is 0 Å². The van der Waals surface area contributed by atoms with E-state index in [2.05, 4.69) is 18.7 Å².